The number of carbonyl (C=O) groups excluding carboxylic acids is 2. The lowest BCUT2D eigenvalue weighted by molar-refractivity contribution is -0.148. The first kappa shape index (κ1) is 23.9. The van der Waals surface area contributed by atoms with Crippen molar-refractivity contribution in [3.8, 4) is 0 Å². The summed E-state index contributed by atoms with van der Waals surface area (Å²) in [4.78, 5) is 35.0. The van der Waals surface area contributed by atoms with E-state index in [0.29, 0.717) is 25.4 Å². The van der Waals surface area contributed by atoms with Gasteiger partial charge in [-0.1, -0.05) is 50.5 Å². The number of ether oxygens (including phenoxy) is 1. The van der Waals surface area contributed by atoms with Gasteiger partial charge in [0.15, 0.2) is 0 Å². The Bertz CT molecular complexity index is 694. The molecule has 0 saturated heterocycles. The minimum Gasteiger partial charge on any atom is -0.481 e. The van der Waals surface area contributed by atoms with Crippen molar-refractivity contribution in [2.24, 2.45) is 5.92 Å². The Kier molecular flexibility index (Phi) is 9.84. The Balaban J connectivity index is 2.01. The van der Waals surface area contributed by atoms with E-state index in [2.05, 4.69) is 29.6 Å². The van der Waals surface area contributed by atoms with Gasteiger partial charge >= 0.3 is 11.9 Å². The topological polar surface area (TPSA) is 92.7 Å². The van der Waals surface area contributed by atoms with Gasteiger partial charge in [-0.3, -0.25) is 14.4 Å². The Morgan fingerprint density at radius 3 is 2.37 bits per heavy atom. The number of rotatable bonds is 11. The third-order valence-corrected chi connectivity index (χ3v) is 5.80. The molecule has 0 bridgehead atoms. The molecule has 0 radical (unpaired) electrons. The number of amides is 1. The molecule has 1 amide bonds. The molecule has 1 aliphatic rings. The minimum absolute atomic E-state index is 0.0692. The normalized spacial score (nSPS) is 16.5. The Morgan fingerprint density at radius 2 is 1.77 bits per heavy atom. The molecule has 2 atom stereocenters. The number of esters is 1. The van der Waals surface area contributed by atoms with Crippen molar-refractivity contribution in [3.05, 3.63) is 35.4 Å². The molecule has 0 spiro atoms. The van der Waals surface area contributed by atoms with Crippen molar-refractivity contribution in [2.75, 3.05) is 6.61 Å². The fourth-order valence-electron chi connectivity index (χ4n) is 4.17. The molecule has 1 aliphatic carbocycles. The maximum absolute atomic E-state index is 12.2. The molecule has 0 aromatic heterocycles. The van der Waals surface area contributed by atoms with E-state index in [0.717, 1.165) is 5.56 Å². The quantitative estimate of drug-likeness (QED) is 0.526. The number of hydrogen-bond acceptors (Lipinski definition) is 4. The van der Waals surface area contributed by atoms with Gasteiger partial charge in [0.2, 0.25) is 5.91 Å². The van der Waals surface area contributed by atoms with Crippen molar-refractivity contribution < 1.29 is 24.2 Å². The Hall–Kier alpha value is -2.37. The van der Waals surface area contributed by atoms with Crippen molar-refractivity contribution in [2.45, 2.75) is 83.6 Å². The standard InChI is InChI=1S/C24H35NO5/c1-3-30-24(29)17(2)15-21(25-22(26)13-14-23(27)28)16-18-9-11-20(12-10-18)19-7-5-4-6-8-19/h9-12,17,19,21H,3-8,13-16H2,1-2H3,(H,25,26)(H,27,28)/t17-,21-/m0/s1. The van der Waals surface area contributed by atoms with Crippen LogP contribution in [0.25, 0.3) is 0 Å². The summed E-state index contributed by atoms with van der Waals surface area (Å²) in [5, 5.41) is 11.7. The van der Waals surface area contributed by atoms with Gasteiger partial charge in [0, 0.05) is 12.5 Å². The molecule has 166 valence electrons. The largest absolute Gasteiger partial charge is 0.481 e. The highest BCUT2D eigenvalue weighted by molar-refractivity contribution is 5.81. The van der Waals surface area contributed by atoms with E-state index in [9.17, 15) is 14.4 Å². The summed E-state index contributed by atoms with van der Waals surface area (Å²) in [5.41, 5.74) is 2.47. The fraction of sp³-hybridized carbons (Fsp3) is 0.625. The Morgan fingerprint density at radius 1 is 1.10 bits per heavy atom. The number of carboxylic acids is 1. The predicted octanol–water partition coefficient (Wildman–Crippen LogP) is 4.22. The van der Waals surface area contributed by atoms with Crippen LogP contribution in [0.2, 0.25) is 0 Å². The monoisotopic (exact) mass is 417 g/mol. The molecule has 6 nitrogen and oxygen atoms in total. The summed E-state index contributed by atoms with van der Waals surface area (Å²) >= 11 is 0. The highest BCUT2D eigenvalue weighted by Gasteiger charge is 2.22. The van der Waals surface area contributed by atoms with E-state index in [1.807, 2.05) is 0 Å². The summed E-state index contributed by atoms with van der Waals surface area (Å²) < 4.78 is 5.09. The number of carboxylic acid groups (broad SMARTS) is 1. The lowest BCUT2D eigenvalue weighted by atomic mass is 9.83. The number of nitrogens with one attached hydrogen (secondary N) is 1. The minimum atomic E-state index is -1.00. The summed E-state index contributed by atoms with van der Waals surface area (Å²) in [5.74, 6) is -1.30. The van der Waals surface area contributed by atoms with Crippen LogP contribution >= 0.6 is 0 Å². The summed E-state index contributed by atoms with van der Waals surface area (Å²) in [6.07, 6.45) is 7.18. The maximum atomic E-state index is 12.2. The third kappa shape index (κ3) is 8.17. The zero-order valence-electron chi connectivity index (χ0n) is 18.2. The van der Waals surface area contributed by atoms with Gasteiger partial charge < -0.3 is 15.2 Å². The van der Waals surface area contributed by atoms with Crippen LogP contribution in [-0.2, 0) is 25.5 Å². The second-order valence-electron chi connectivity index (χ2n) is 8.33. The molecular weight excluding hydrogens is 382 g/mol. The Labute approximate surface area is 179 Å². The molecule has 30 heavy (non-hydrogen) atoms. The summed E-state index contributed by atoms with van der Waals surface area (Å²) in [6, 6.07) is 8.32. The highest BCUT2D eigenvalue weighted by Crippen LogP contribution is 2.32. The molecule has 2 rings (SSSR count). The van der Waals surface area contributed by atoms with Crippen molar-refractivity contribution in [1.29, 1.82) is 0 Å². The zero-order valence-corrected chi connectivity index (χ0v) is 18.2. The van der Waals surface area contributed by atoms with Gasteiger partial charge in [-0.05, 0) is 49.7 Å². The van der Waals surface area contributed by atoms with E-state index < -0.39 is 5.97 Å². The molecule has 1 aromatic rings. The lowest BCUT2D eigenvalue weighted by Crippen LogP contribution is -2.39. The van der Waals surface area contributed by atoms with Crippen molar-refractivity contribution >= 4 is 17.8 Å². The first-order chi connectivity index (χ1) is 14.4. The molecule has 1 fully saturated rings. The molecule has 2 N–H and O–H groups in total. The summed E-state index contributed by atoms with van der Waals surface area (Å²) in [7, 11) is 0. The molecule has 0 aliphatic heterocycles. The first-order valence-corrected chi connectivity index (χ1v) is 11.2. The van der Waals surface area contributed by atoms with Crippen molar-refractivity contribution in [3.63, 3.8) is 0 Å². The predicted molar refractivity (Wildman–Crippen MR) is 115 cm³/mol. The number of carbonyl (C=O) groups is 3. The molecule has 6 heteroatoms. The smallest absolute Gasteiger partial charge is 0.308 e. The highest BCUT2D eigenvalue weighted by atomic mass is 16.5. The van der Waals surface area contributed by atoms with E-state index in [1.54, 1.807) is 13.8 Å². The number of benzene rings is 1. The average Bonchev–Trinajstić information content (AvgIpc) is 2.73. The van der Waals surface area contributed by atoms with Crippen LogP contribution in [0.15, 0.2) is 24.3 Å². The second kappa shape index (κ2) is 12.4. The van der Waals surface area contributed by atoms with Gasteiger partial charge in [0.05, 0.1) is 18.9 Å². The van der Waals surface area contributed by atoms with Crippen LogP contribution in [0.3, 0.4) is 0 Å². The van der Waals surface area contributed by atoms with E-state index in [4.69, 9.17) is 9.84 Å². The SMILES string of the molecule is CCOC(=O)[C@@H](C)C[C@@H](Cc1ccc(C2CCCCC2)cc1)NC(=O)CCC(=O)O. The molecule has 1 saturated carbocycles. The van der Waals surface area contributed by atoms with Gasteiger partial charge in [0.25, 0.3) is 0 Å². The van der Waals surface area contributed by atoms with Crippen LogP contribution in [0.5, 0.6) is 0 Å². The van der Waals surface area contributed by atoms with E-state index in [-0.39, 0.29) is 36.7 Å². The second-order valence-corrected chi connectivity index (χ2v) is 8.33. The van der Waals surface area contributed by atoms with Gasteiger partial charge in [-0.2, -0.15) is 0 Å². The van der Waals surface area contributed by atoms with Crippen molar-refractivity contribution in [1.82, 2.24) is 5.32 Å². The van der Waals surface area contributed by atoms with Crippen LogP contribution in [0, 0.1) is 5.92 Å². The summed E-state index contributed by atoms with van der Waals surface area (Å²) in [6.45, 7) is 3.88. The number of hydrogen-bond donors (Lipinski definition) is 2. The number of aliphatic carboxylic acids is 1. The average molecular weight is 418 g/mol. The third-order valence-electron chi connectivity index (χ3n) is 5.80. The van der Waals surface area contributed by atoms with E-state index >= 15 is 0 Å². The molecule has 0 unspecified atom stereocenters. The maximum Gasteiger partial charge on any atom is 0.308 e. The molecule has 0 heterocycles. The van der Waals surface area contributed by atoms with Crippen LogP contribution in [0.4, 0.5) is 0 Å². The van der Waals surface area contributed by atoms with E-state index in [1.165, 1.54) is 37.7 Å². The van der Waals surface area contributed by atoms with Crippen LogP contribution in [0.1, 0.15) is 82.3 Å². The van der Waals surface area contributed by atoms with Gasteiger partial charge in [-0.15, -0.1) is 0 Å². The lowest BCUT2D eigenvalue weighted by Gasteiger charge is -2.23. The zero-order chi connectivity index (χ0) is 21.9. The van der Waals surface area contributed by atoms with Gasteiger partial charge in [-0.25, -0.2) is 0 Å². The molecular formula is C24H35NO5. The van der Waals surface area contributed by atoms with Gasteiger partial charge in [0.1, 0.15) is 0 Å². The van der Waals surface area contributed by atoms with Crippen LogP contribution < -0.4 is 5.32 Å². The molecule has 1 aromatic carbocycles. The fourth-order valence-corrected chi connectivity index (χ4v) is 4.17. The van der Waals surface area contributed by atoms with Crippen LogP contribution in [-0.4, -0.2) is 35.6 Å². The first-order valence-electron chi connectivity index (χ1n) is 11.2.